The number of hydrogen-bond acceptors (Lipinski definition) is 3. The van der Waals surface area contributed by atoms with Gasteiger partial charge in [0, 0.05) is 24.2 Å². The van der Waals surface area contributed by atoms with Gasteiger partial charge in [-0.2, -0.15) is 13.2 Å². The molecule has 5 nitrogen and oxygen atoms in total. The lowest BCUT2D eigenvalue weighted by molar-refractivity contribution is -0.123. The Hall–Kier alpha value is -3.13. The quantitative estimate of drug-likeness (QED) is 0.633. The zero-order valence-electron chi connectivity index (χ0n) is 17.6. The summed E-state index contributed by atoms with van der Waals surface area (Å²) in [5.74, 6) is -1.11. The van der Waals surface area contributed by atoms with Gasteiger partial charge in [0.2, 0.25) is 11.8 Å². The van der Waals surface area contributed by atoms with Crippen LogP contribution in [0.15, 0.2) is 60.7 Å². The Balaban J connectivity index is 1.55. The molecule has 0 aliphatic carbocycles. The van der Waals surface area contributed by atoms with Crippen LogP contribution in [-0.4, -0.2) is 42.5 Å². The van der Waals surface area contributed by atoms with E-state index in [1.807, 2.05) is 12.1 Å². The minimum absolute atomic E-state index is 0.0389. The summed E-state index contributed by atoms with van der Waals surface area (Å²) in [6.07, 6.45) is -1.72. The van der Waals surface area contributed by atoms with Gasteiger partial charge in [0.05, 0.1) is 5.57 Å². The number of amides is 2. The maximum Gasteiger partial charge on any atom is 0.417 e. The van der Waals surface area contributed by atoms with E-state index in [1.165, 1.54) is 24.3 Å². The van der Waals surface area contributed by atoms with Gasteiger partial charge < -0.3 is 16.0 Å². The molecule has 2 aromatic carbocycles. The number of likely N-dealkylation sites (tertiary alicyclic amines) is 1. The largest absolute Gasteiger partial charge is 0.417 e. The van der Waals surface area contributed by atoms with Crippen LogP contribution in [0, 0.1) is 5.92 Å². The molecule has 32 heavy (non-hydrogen) atoms. The Morgan fingerprint density at radius 3 is 2.22 bits per heavy atom. The molecular formula is C24H26F3N3O2. The number of hydrogen-bond donors (Lipinski definition) is 2. The van der Waals surface area contributed by atoms with E-state index >= 15 is 0 Å². The molecule has 0 radical (unpaired) electrons. The Kier molecular flexibility index (Phi) is 7.69. The van der Waals surface area contributed by atoms with Gasteiger partial charge in [0.25, 0.3) is 0 Å². The molecular weight excluding hydrogens is 419 g/mol. The fourth-order valence-electron chi connectivity index (χ4n) is 3.74. The summed E-state index contributed by atoms with van der Waals surface area (Å²) in [5, 5.41) is 2.49. The normalized spacial score (nSPS) is 16.0. The number of alkyl halides is 3. The first-order chi connectivity index (χ1) is 15.2. The van der Waals surface area contributed by atoms with E-state index in [4.69, 9.17) is 5.73 Å². The van der Waals surface area contributed by atoms with E-state index < -0.39 is 17.7 Å². The number of carbonyl (C=O) groups is 2. The van der Waals surface area contributed by atoms with Crippen molar-refractivity contribution in [1.29, 1.82) is 0 Å². The average Bonchev–Trinajstić information content (AvgIpc) is 2.77. The number of piperidine rings is 1. The molecule has 0 atom stereocenters. The molecule has 1 fully saturated rings. The lowest BCUT2D eigenvalue weighted by atomic mass is 9.96. The van der Waals surface area contributed by atoms with Gasteiger partial charge in [-0.15, -0.1) is 0 Å². The molecule has 1 aliphatic rings. The highest BCUT2D eigenvalue weighted by molar-refractivity contribution is 6.04. The van der Waals surface area contributed by atoms with E-state index in [0.717, 1.165) is 44.5 Å². The summed E-state index contributed by atoms with van der Waals surface area (Å²) >= 11 is 0. The van der Waals surface area contributed by atoms with Crippen LogP contribution < -0.4 is 11.1 Å². The zero-order chi connectivity index (χ0) is 23.1. The monoisotopic (exact) mass is 445 g/mol. The maximum absolute atomic E-state index is 13.4. The van der Waals surface area contributed by atoms with Gasteiger partial charge in [-0.3, -0.25) is 9.59 Å². The van der Waals surface area contributed by atoms with Crippen LogP contribution in [-0.2, 0) is 16.0 Å². The molecule has 3 rings (SSSR count). The highest BCUT2D eigenvalue weighted by atomic mass is 19.4. The number of allylic oxidation sites excluding steroid dienone is 1. The van der Waals surface area contributed by atoms with Crippen LogP contribution in [0.25, 0.3) is 5.57 Å². The van der Waals surface area contributed by atoms with Crippen molar-refractivity contribution in [3.8, 4) is 0 Å². The number of rotatable bonds is 7. The molecule has 0 aromatic heterocycles. The molecule has 1 heterocycles. The lowest BCUT2D eigenvalue weighted by Gasteiger charge is -2.30. The fourth-order valence-corrected chi connectivity index (χ4v) is 3.74. The van der Waals surface area contributed by atoms with Gasteiger partial charge in [-0.25, -0.2) is 0 Å². The lowest BCUT2D eigenvalue weighted by Crippen LogP contribution is -2.39. The summed E-state index contributed by atoms with van der Waals surface area (Å²) in [6.45, 7) is 2.50. The van der Waals surface area contributed by atoms with E-state index in [-0.39, 0.29) is 17.4 Å². The first kappa shape index (κ1) is 23.5. The number of nitrogens with zero attached hydrogens (tertiary/aromatic N) is 1. The van der Waals surface area contributed by atoms with Crippen molar-refractivity contribution in [1.82, 2.24) is 4.90 Å². The standard InChI is InChI=1S/C24H26F3N3O2/c25-24(26,27)21(18-4-2-1-3-5-18)16-22(31)29-20-8-6-17(7-9-20)10-13-30-14-11-19(12-15-30)23(28)32/h1-9,16,19H,10-15H2,(H2,28,32)(H,29,31)/b21-16-. The topological polar surface area (TPSA) is 75.4 Å². The number of halogens is 3. The Bertz CT molecular complexity index is 949. The van der Waals surface area contributed by atoms with Gasteiger partial charge in [-0.05, 0) is 55.6 Å². The van der Waals surface area contributed by atoms with Crippen molar-refractivity contribution < 1.29 is 22.8 Å². The maximum atomic E-state index is 13.4. The number of nitrogens with two attached hydrogens (primary N) is 1. The number of primary amides is 1. The minimum Gasteiger partial charge on any atom is -0.369 e. The minimum atomic E-state index is -4.64. The van der Waals surface area contributed by atoms with Crippen molar-refractivity contribution in [2.45, 2.75) is 25.4 Å². The average molecular weight is 445 g/mol. The second kappa shape index (κ2) is 10.5. The van der Waals surface area contributed by atoms with Crippen molar-refractivity contribution in [3.05, 3.63) is 71.8 Å². The van der Waals surface area contributed by atoms with Crippen LogP contribution in [0.1, 0.15) is 24.0 Å². The SMILES string of the molecule is NC(=O)C1CCN(CCc2ccc(NC(=O)/C=C(/c3ccccc3)C(F)(F)F)cc2)CC1. The summed E-state index contributed by atoms with van der Waals surface area (Å²) in [5.41, 5.74) is 5.77. The summed E-state index contributed by atoms with van der Waals surface area (Å²) in [6, 6.07) is 14.3. The van der Waals surface area contributed by atoms with E-state index in [1.54, 1.807) is 18.2 Å². The first-order valence-corrected chi connectivity index (χ1v) is 10.5. The number of carbonyl (C=O) groups excluding carboxylic acids is 2. The van der Waals surface area contributed by atoms with Crippen LogP contribution >= 0.6 is 0 Å². The zero-order valence-corrected chi connectivity index (χ0v) is 17.6. The summed E-state index contributed by atoms with van der Waals surface area (Å²) in [4.78, 5) is 25.7. The van der Waals surface area contributed by atoms with Gasteiger partial charge >= 0.3 is 6.18 Å². The van der Waals surface area contributed by atoms with E-state index in [0.29, 0.717) is 11.8 Å². The van der Waals surface area contributed by atoms with Crippen LogP contribution in [0.5, 0.6) is 0 Å². The predicted molar refractivity (Wildman–Crippen MR) is 118 cm³/mol. The number of nitrogens with one attached hydrogen (secondary N) is 1. The first-order valence-electron chi connectivity index (χ1n) is 10.5. The van der Waals surface area contributed by atoms with Crippen molar-refractivity contribution >= 4 is 23.1 Å². The van der Waals surface area contributed by atoms with E-state index in [2.05, 4.69) is 10.2 Å². The molecule has 8 heteroatoms. The van der Waals surface area contributed by atoms with Gasteiger partial charge in [0.1, 0.15) is 0 Å². The molecule has 2 aromatic rings. The van der Waals surface area contributed by atoms with Crippen molar-refractivity contribution in [2.24, 2.45) is 11.7 Å². The molecule has 0 unspecified atom stereocenters. The molecule has 1 aliphatic heterocycles. The third kappa shape index (κ3) is 6.68. The number of benzene rings is 2. The van der Waals surface area contributed by atoms with Crippen LogP contribution in [0.2, 0.25) is 0 Å². The predicted octanol–water partition coefficient (Wildman–Crippen LogP) is 4.01. The molecule has 0 spiro atoms. The van der Waals surface area contributed by atoms with Crippen LogP contribution in [0.4, 0.5) is 18.9 Å². The highest BCUT2D eigenvalue weighted by Gasteiger charge is 2.35. The second-order valence-corrected chi connectivity index (χ2v) is 7.88. The van der Waals surface area contributed by atoms with Crippen molar-refractivity contribution in [2.75, 3.05) is 25.0 Å². The van der Waals surface area contributed by atoms with Crippen LogP contribution in [0.3, 0.4) is 0 Å². The summed E-state index contributed by atoms with van der Waals surface area (Å²) < 4.78 is 40.1. The Labute approximate surface area is 185 Å². The molecule has 0 saturated carbocycles. The van der Waals surface area contributed by atoms with E-state index in [9.17, 15) is 22.8 Å². The Morgan fingerprint density at radius 2 is 1.66 bits per heavy atom. The molecule has 1 saturated heterocycles. The summed E-state index contributed by atoms with van der Waals surface area (Å²) in [7, 11) is 0. The Morgan fingerprint density at radius 1 is 1.03 bits per heavy atom. The third-order valence-corrected chi connectivity index (χ3v) is 5.59. The smallest absolute Gasteiger partial charge is 0.369 e. The number of anilines is 1. The van der Waals surface area contributed by atoms with Gasteiger partial charge in [0.15, 0.2) is 0 Å². The van der Waals surface area contributed by atoms with Gasteiger partial charge in [-0.1, -0.05) is 42.5 Å². The third-order valence-electron chi connectivity index (χ3n) is 5.59. The fraction of sp³-hybridized carbons (Fsp3) is 0.333. The molecule has 0 bridgehead atoms. The van der Waals surface area contributed by atoms with Crippen molar-refractivity contribution in [3.63, 3.8) is 0 Å². The molecule has 3 N–H and O–H groups in total. The second-order valence-electron chi connectivity index (χ2n) is 7.88. The molecule has 170 valence electrons. The highest BCUT2D eigenvalue weighted by Crippen LogP contribution is 2.33. The molecule has 2 amide bonds.